The number of anilines is 1. The summed E-state index contributed by atoms with van der Waals surface area (Å²) in [5, 5.41) is 3.52. The van der Waals surface area contributed by atoms with Crippen LogP contribution in [0.1, 0.15) is 5.56 Å². The number of carbonyl (C=O) groups is 2. The van der Waals surface area contributed by atoms with Gasteiger partial charge in [0, 0.05) is 10.7 Å². The van der Waals surface area contributed by atoms with Gasteiger partial charge in [0.25, 0.3) is 0 Å². The largest absolute Gasteiger partial charge is 0.470 e. The molecule has 1 aliphatic heterocycles. The summed E-state index contributed by atoms with van der Waals surface area (Å²) in [7, 11) is 0. The molecule has 0 saturated carbocycles. The Morgan fingerprint density at radius 3 is 2.54 bits per heavy atom. The summed E-state index contributed by atoms with van der Waals surface area (Å²) in [4.78, 5) is 24.2. The van der Waals surface area contributed by atoms with Gasteiger partial charge in [-0.15, -0.1) is 0 Å². The average molecular weight is 344 g/mol. The van der Waals surface area contributed by atoms with Gasteiger partial charge in [-0.3, -0.25) is 4.79 Å². The minimum atomic E-state index is -0.717. The van der Waals surface area contributed by atoms with E-state index < -0.39 is 11.8 Å². The highest BCUT2D eigenvalue weighted by molar-refractivity contribution is 6.30. The highest BCUT2D eigenvalue weighted by Crippen LogP contribution is 2.21. The topological polar surface area (TPSA) is 64.6 Å². The van der Waals surface area contributed by atoms with Crippen LogP contribution >= 0.6 is 11.6 Å². The lowest BCUT2D eigenvalue weighted by Gasteiger charge is -2.09. The highest BCUT2D eigenvalue weighted by Gasteiger charge is 2.32. The van der Waals surface area contributed by atoms with Crippen LogP contribution in [0.4, 0.5) is 5.69 Å². The van der Waals surface area contributed by atoms with Crippen LogP contribution in [0.15, 0.2) is 66.1 Å². The molecule has 24 heavy (non-hydrogen) atoms. The average Bonchev–Trinajstić information content (AvgIpc) is 2.95. The minimum Gasteiger partial charge on any atom is -0.470 e. The molecule has 6 heteroatoms. The van der Waals surface area contributed by atoms with E-state index in [2.05, 4.69) is 5.32 Å². The SMILES string of the molecule is O=C1COC(Nc2ccccc2)=C1C(=O)OCc1ccc(Cl)cc1. The predicted molar refractivity (Wildman–Crippen MR) is 89.3 cm³/mol. The molecule has 0 spiro atoms. The van der Waals surface area contributed by atoms with Crippen molar-refractivity contribution in [3.8, 4) is 0 Å². The number of hydrogen-bond acceptors (Lipinski definition) is 5. The van der Waals surface area contributed by atoms with Crippen LogP contribution in [0.3, 0.4) is 0 Å². The van der Waals surface area contributed by atoms with E-state index in [9.17, 15) is 9.59 Å². The third kappa shape index (κ3) is 3.75. The third-order valence-corrected chi connectivity index (χ3v) is 3.62. The van der Waals surface area contributed by atoms with E-state index in [1.54, 1.807) is 36.4 Å². The quantitative estimate of drug-likeness (QED) is 0.666. The lowest BCUT2D eigenvalue weighted by atomic mass is 10.2. The van der Waals surface area contributed by atoms with Crippen molar-refractivity contribution in [1.82, 2.24) is 0 Å². The number of esters is 1. The fourth-order valence-electron chi connectivity index (χ4n) is 2.17. The van der Waals surface area contributed by atoms with Gasteiger partial charge < -0.3 is 14.8 Å². The zero-order chi connectivity index (χ0) is 16.9. The Hall–Kier alpha value is -2.79. The van der Waals surface area contributed by atoms with E-state index in [0.717, 1.165) is 5.56 Å². The second kappa shape index (κ2) is 7.19. The van der Waals surface area contributed by atoms with Crippen molar-refractivity contribution in [1.29, 1.82) is 0 Å². The maximum absolute atomic E-state index is 12.2. The summed E-state index contributed by atoms with van der Waals surface area (Å²) in [6.07, 6.45) is 0. The number of benzene rings is 2. The number of ether oxygens (including phenoxy) is 2. The van der Waals surface area contributed by atoms with Crippen LogP contribution in [0.25, 0.3) is 0 Å². The molecule has 0 aliphatic carbocycles. The van der Waals surface area contributed by atoms with E-state index in [-0.39, 0.29) is 24.7 Å². The lowest BCUT2D eigenvalue weighted by Crippen LogP contribution is -2.16. The number of nitrogens with one attached hydrogen (secondary N) is 1. The second-order valence-electron chi connectivity index (χ2n) is 5.11. The summed E-state index contributed by atoms with van der Waals surface area (Å²) >= 11 is 5.81. The van der Waals surface area contributed by atoms with E-state index >= 15 is 0 Å². The van der Waals surface area contributed by atoms with Gasteiger partial charge in [-0.05, 0) is 29.8 Å². The van der Waals surface area contributed by atoms with E-state index in [1.165, 1.54) is 0 Å². The first-order valence-corrected chi connectivity index (χ1v) is 7.65. The summed E-state index contributed by atoms with van der Waals surface area (Å²) in [5.41, 5.74) is 1.38. The molecule has 0 atom stereocenters. The van der Waals surface area contributed by atoms with Gasteiger partial charge in [0.05, 0.1) is 0 Å². The van der Waals surface area contributed by atoms with Crippen LogP contribution in [-0.2, 0) is 25.7 Å². The first-order valence-electron chi connectivity index (χ1n) is 7.27. The lowest BCUT2D eigenvalue weighted by molar-refractivity contribution is -0.141. The molecule has 2 aromatic carbocycles. The Morgan fingerprint density at radius 2 is 1.83 bits per heavy atom. The monoisotopic (exact) mass is 343 g/mol. The Balaban J connectivity index is 1.71. The molecule has 0 aromatic heterocycles. The summed E-state index contributed by atoms with van der Waals surface area (Å²) in [6, 6.07) is 16.0. The normalized spacial score (nSPS) is 13.6. The molecule has 0 unspecified atom stereocenters. The van der Waals surface area contributed by atoms with Crippen molar-refractivity contribution < 1.29 is 19.1 Å². The summed E-state index contributed by atoms with van der Waals surface area (Å²) in [5.74, 6) is -1.01. The Labute approximate surface area is 143 Å². The molecule has 0 amide bonds. The fraction of sp³-hybridized carbons (Fsp3) is 0.111. The molecule has 1 aliphatic rings. The number of para-hydroxylation sites is 1. The maximum Gasteiger partial charge on any atom is 0.347 e. The third-order valence-electron chi connectivity index (χ3n) is 3.37. The van der Waals surface area contributed by atoms with Crippen LogP contribution in [0, 0.1) is 0 Å². The number of hydrogen-bond donors (Lipinski definition) is 1. The van der Waals surface area contributed by atoms with Gasteiger partial charge in [-0.1, -0.05) is 41.9 Å². The minimum absolute atomic E-state index is 0.0470. The molecule has 0 saturated heterocycles. The Morgan fingerprint density at radius 1 is 1.12 bits per heavy atom. The van der Waals surface area contributed by atoms with Crippen molar-refractivity contribution in [2.75, 3.05) is 11.9 Å². The summed E-state index contributed by atoms with van der Waals surface area (Å²) < 4.78 is 10.5. The smallest absolute Gasteiger partial charge is 0.347 e. The summed E-state index contributed by atoms with van der Waals surface area (Å²) in [6.45, 7) is -0.133. The Bertz CT molecular complexity index is 784. The number of Topliss-reactive ketones (excluding diaryl/α,β-unsaturated/α-hetero) is 1. The molecule has 3 rings (SSSR count). The van der Waals surface area contributed by atoms with Gasteiger partial charge in [-0.2, -0.15) is 0 Å². The molecule has 122 valence electrons. The molecular weight excluding hydrogens is 330 g/mol. The van der Waals surface area contributed by atoms with Crippen molar-refractivity contribution in [3.63, 3.8) is 0 Å². The Kier molecular flexibility index (Phi) is 4.82. The van der Waals surface area contributed by atoms with Gasteiger partial charge in [0.1, 0.15) is 6.61 Å². The first-order chi connectivity index (χ1) is 11.6. The molecule has 2 aromatic rings. The van der Waals surface area contributed by atoms with Crippen molar-refractivity contribution in [2.24, 2.45) is 0 Å². The zero-order valence-electron chi connectivity index (χ0n) is 12.6. The molecular formula is C18H14ClNO4. The molecule has 5 nitrogen and oxygen atoms in total. The van der Waals surface area contributed by atoms with E-state index in [1.807, 2.05) is 18.2 Å². The van der Waals surface area contributed by atoms with Gasteiger partial charge in [0.2, 0.25) is 11.7 Å². The van der Waals surface area contributed by atoms with Crippen molar-refractivity contribution >= 4 is 29.0 Å². The van der Waals surface area contributed by atoms with Crippen molar-refractivity contribution in [2.45, 2.75) is 6.61 Å². The standard InChI is InChI=1S/C18H14ClNO4/c19-13-8-6-12(7-9-13)10-24-18(22)16-15(21)11-23-17(16)20-14-4-2-1-3-5-14/h1-9,20H,10-11H2. The molecule has 0 radical (unpaired) electrons. The maximum atomic E-state index is 12.2. The molecule has 0 fully saturated rings. The zero-order valence-corrected chi connectivity index (χ0v) is 13.4. The number of halogens is 1. The van der Waals surface area contributed by atoms with Crippen LogP contribution < -0.4 is 5.32 Å². The van der Waals surface area contributed by atoms with Gasteiger partial charge in [-0.25, -0.2) is 4.79 Å². The van der Waals surface area contributed by atoms with E-state index in [4.69, 9.17) is 21.1 Å². The van der Waals surface area contributed by atoms with Crippen LogP contribution in [-0.4, -0.2) is 18.4 Å². The fourth-order valence-corrected chi connectivity index (χ4v) is 2.29. The van der Waals surface area contributed by atoms with Crippen LogP contribution in [0.5, 0.6) is 0 Å². The predicted octanol–water partition coefficient (Wildman–Crippen LogP) is 3.31. The number of ketones is 1. The van der Waals surface area contributed by atoms with Gasteiger partial charge >= 0.3 is 5.97 Å². The first kappa shape index (κ1) is 16.1. The number of carbonyl (C=O) groups excluding carboxylic acids is 2. The molecule has 0 bridgehead atoms. The van der Waals surface area contributed by atoms with Gasteiger partial charge in [0.15, 0.2) is 12.2 Å². The second-order valence-corrected chi connectivity index (χ2v) is 5.55. The molecule has 1 heterocycles. The van der Waals surface area contributed by atoms with E-state index in [0.29, 0.717) is 10.7 Å². The van der Waals surface area contributed by atoms with Crippen molar-refractivity contribution in [3.05, 3.63) is 76.6 Å². The molecule has 1 N–H and O–H groups in total. The van der Waals surface area contributed by atoms with Crippen LogP contribution in [0.2, 0.25) is 5.02 Å². The number of rotatable bonds is 5. The highest BCUT2D eigenvalue weighted by atomic mass is 35.5.